The Labute approximate surface area is 153 Å². The average Bonchev–Trinajstić information content (AvgIpc) is 3.21. The minimum absolute atomic E-state index is 0.168. The van der Waals surface area contributed by atoms with Crippen LogP contribution in [-0.2, 0) is 17.0 Å². The maximum absolute atomic E-state index is 12.5. The number of benzene rings is 2. The smallest absolute Gasteiger partial charge is 0.237 e. The molecule has 2 heterocycles. The number of thioether (sulfide) groups is 1. The second-order valence-electron chi connectivity index (χ2n) is 5.71. The van der Waals surface area contributed by atoms with Gasteiger partial charge in [0.2, 0.25) is 12.7 Å². The highest BCUT2D eigenvalue weighted by molar-refractivity contribution is 9.10. The van der Waals surface area contributed by atoms with Gasteiger partial charge in [-0.2, -0.15) is 0 Å². The zero-order valence-electron chi connectivity index (χ0n) is 13.0. The van der Waals surface area contributed by atoms with Crippen molar-refractivity contribution >= 4 is 39.3 Å². The van der Waals surface area contributed by atoms with E-state index < -0.39 is 0 Å². The molecule has 0 N–H and O–H groups in total. The summed E-state index contributed by atoms with van der Waals surface area (Å²) < 4.78 is 11.8. The zero-order chi connectivity index (χ0) is 16.5. The van der Waals surface area contributed by atoms with E-state index in [1.807, 2.05) is 35.2 Å². The van der Waals surface area contributed by atoms with Gasteiger partial charge in [0.15, 0.2) is 11.5 Å². The van der Waals surface area contributed by atoms with E-state index in [9.17, 15) is 4.79 Å². The van der Waals surface area contributed by atoms with Gasteiger partial charge in [0.1, 0.15) is 0 Å². The average molecular weight is 406 g/mol. The quantitative estimate of drug-likeness (QED) is 0.770. The van der Waals surface area contributed by atoms with E-state index in [2.05, 4.69) is 22.0 Å². The van der Waals surface area contributed by atoms with Crippen molar-refractivity contribution < 1.29 is 14.3 Å². The van der Waals surface area contributed by atoms with Crippen molar-refractivity contribution in [2.45, 2.75) is 12.2 Å². The fourth-order valence-electron chi connectivity index (χ4n) is 2.99. The number of nitrogens with zero attached hydrogens (tertiary/aromatic N) is 1. The van der Waals surface area contributed by atoms with Gasteiger partial charge in [-0.05, 0) is 35.7 Å². The monoisotopic (exact) mass is 405 g/mol. The lowest BCUT2D eigenvalue weighted by Crippen LogP contribution is -2.30. The molecule has 0 spiro atoms. The summed E-state index contributed by atoms with van der Waals surface area (Å²) >= 11 is 5.18. The molecular weight excluding hydrogens is 390 g/mol. The van der Waals surface area contributed by atoms with Crippen molar-refractivity contribution in [2.24, 2.45) is 0 Å². The molecule has 0 fully saturated rings. The van der Waals surface area contributed by atoms with Crippen molar-refractivity contribution in [3.63, 3.8) is 0 Å². The summed E-state index contributed by atoms with van der Waals surface area (Å²) in [6.45, 7) is 1.05. The molecule has 0 atom stereocenters. The first kappa shape index (κ1) is 15.8. The van der Waals surface area contributed by atoms with Crippen LogP contribution in [0.25, 0.3) is 0 Å². The number of carbonyl (C=O) groups excluding carboxylic acids is 1. The van der Waals surface area contributed by atoms with Crippen LogP contribution in [-0.4, -0.2) is 25.0 Å². The molecule has 2 aliphatic rings. The molecule has 24 heavy (non-hydrogen) atoms. The maximum atomic E-state index is 12.5. The normalized spacial score (nSPS) is 14.8. The molecule has 0 aromatic heterocycles. The number of halogens is 1. The number of amides is 1. The van der Waals surface area contributed by atoms with Crippen LogP contribution in [0, 0.1) is 0 Å². The molecule has 1 amide bonds. The Morgan fingerprint density at radius 2 is 2.00 bits per heavy atom. The molecule has 2 aliphatic heterocycles. The van der Waals surface area contributed by atoms with Crippen molar-refractivity contribution in [1.82, 2.24) is 0 Å². The van der Waals surface area contributed by atoms with Gasteiger partial charge in [-0.25, -0.2) is 0 Å². The summed E-state index contributed by atoms with van der Waals surface area (Å²) in [5.74, 6) is 2.92. The van der Waals surface area contributed by atoms with E-state index in [1.54, 1.807) is 11.8 Å². The molecule has 0 bridgehead atoms. The molecule has 2 aromatic rings. The third kappa shape index (κ3) is 3.00. The van der Waals surface area contributed by atoms with E-state index in [4.69, 9.17) is 9.47 Å². The Bertz CT molecular complexity index is 796. The fraction of sp³-hybridized carbons (Fsp3) is 0.278. The second kappa shape index (κ2) is 6.69. The zero-order valence-corrected chi connectivity index (χ0v) is 15.4. The van der Waals surface area contributed by atoms with E-state index in [0.29, 0.717) is 5.75 Å². The number of para-hydroxylation sites is 1. The summed E-state index contributed by atoms with van der Waals surface area (Å²) in [6, 6.07) is 12.0. The molecule has 0 unspecified atom stereocenters. The topological polar surface area (TPSA) is 38.8 Å². The molecule has 0 aliphatic carbocycles. The van der Waals surface area contributed by atoms with Gasteiger partial charge < -0.3 is 14.4 Å². The van der Waals surface area contributed by atoms with Crippen molar-refractivity contribution in [1.29, 1.82) is 0 Å². The first-order valence-electron chi connectivity index (χ1n) is 7.76. The van der Waals surface area contributed by atoms with Crippen molar-refractivity contribution in [3.05, 3.63) is 52.0 Å². The first-order chi connectivity index (χ1) is 11.7. The predicted octanol–water partition coefficient (Wildman–Crippen LogP) is 4.00. The molecule has 4 nitrogen and oxygen atoms in total. The number of hydrogen-bond acceptors (Lipinski definition) is 4. The predicted molar refractivity (Wildman–Crippen MR) is 98.9 cm³/mol. The molecular formula is C18H16BrNO3S. The Morgan fingerprint density at radius 1 is 1.21 bits per heavy atom. The van der Waals surface area contributed by atoms with E-state index >= 15 is 0 Å². The third-order valence-corrected chi connectivity index (χ3v) is 5.92. The number of carbonyl (C=O) groups is 1. The van der Waals surface area contributed by atoms with Crippen molar-refractivity contribution in [2.75, 3.05) is 24.0 Å². The van der Waals surface area contributed by atoms with Crippen LogP contribution in [0.15, 0.2) is 40.9 Å². The van der Waals surface area contributed by atoms with Gasteiger partial charge in [-0.3, -0.25) is 4.79 Å². The number of hydrogen-bond donors (Lipinski definition) is 0. The molecule has 0 saturated carbocycles. The van der Waals surface area contributed by atoms with Crippen LogP contribution in [0.5, 0.6) is 11.5 Å². The Kier molecular flexibility index (Phi) is 4.41. The number of anilines is 1. The number of rotatable bonds is 4. The van der Waals surface area contributed by atoms with Gasteiger partial charge in [0.25, 0.3) is 0 Å². The summed E-state index contributed by atoms with van der Waals surface area (Å²) in [4.78, 5) is 14.4. The van der Waals surface area contributed by atoms with Crippen LogP contribution in [0.1, 0.15) is 11.1 Å². The van der Waals surface area contributed by atoms with Crippen LogP contribution >= 0.6 is 27.7 Å². The van der Waals surface area contributed by atoms with Gasteiger partial charge >= 0.3 is 0 Å². The minimum atomic E-state index is 0.168. The number of fused-ring (bicyclic) bond motifs is 2. The summed E-state index contributed by atoms with van der Waals surface area (Å²) in [6.07, 6.45) is 0.945. The lowest BCUT2D eigenvalue weighted by molar-refractivity contribution is -0.116. The van der Waals surface area contributed by atoms with Gasteiger partial charge in [0, 0.05) is 22.5 Å². The molecule has 0 saturated heterocycles. The van der Waals surface area contributed by atoms with Crippen LogP contribution < -0.4 is 14.4 Å². The van der Waals surface area contributed by atoms with E-state index in [1.165, 1.54) is 5.56 Å². The summed E-state index contributed by atoms with van der Waals surface area (Å²) in [5, 5.41) is 0. The van der Waals surface area contributed by atoms with Gasteiger partial charge in [0.05, 0.1) is 5.75 Å². The van der Waals surface area contributed by atoms with Crippen molar-refractivity contribution in [3.8, 4) is 11.5 Å². The van der Waals surface area contributed by atoms with Crippen LogP contribution in [0.2, 0.25) is 0 Å². The molecule has 6 heteroatoms. The molecule has 0 radical (unpaired) electrons. The van der Waals surface area contributed by atoms with Gasteiger partial charge in [-0.15, -0.1) is 11.8 Å². The van der Waals surface area contributed by atoms with Gasteiger partial charge in [-0.1, -0.05) is 34.1 Å². The Balaban J connectivity index is 1.37. The van der Waals surface area contributed by atoms with E-state index in [0.717, 1.165) is 45.9 Å². The van der Waals surface area contributed by atoms with E-state index in [-0.39, 0.29) is 12.7 Å². The summed E-state index contributed by atoms with van der Waals surface area (Å²) in [7, 11) is 0. The fourth-order valence-corrected chi connectivity index (χ4v) is 4.53. The first-order valence-corrected chi connectivity index (χ1v) is 9.71. The standard InChI is InChI=1S/C18H16BrNO3S/c19-14-8-17-16(22-11-23-17)7-13(14)9-24-10-18(21)20-6-5-12-3-1-2-4-15(12)20/h1-4,7-8H,5-6,9-11H2. The van der Waals surface area contributed by atoms with Crippen LogP contribution in [0.3, 0.4) is 0 Å². The highest BCUT2D eigenvalue weighted by Gasteiger charge is 2.24. The largest absolute Gasteiger partial charge is 0.454 e. The Morgan fingerprint density at radius 3 is 2.88 bits per heavy atom. The second-order valence-corrected chi connectivity index (χ2v) is 7.55. The van der Waals surface area contributed by atoms with Crippen LogP contribution in [0.4, 0.5) is 5.69 Å². The minimum Gasteiger partial charge on any atom is -0.454 e. The highest BCUT2D eigenvalue weighted by atomic mass is 79.9. The highest BCUT2D eigenvalue weighted by Crippen LogP contribution is 2.38. The maximum Gasteiger partial charge on any atom is 0.237 e. The lowest BCUT2D eigenvalue weighted by atomic mass is 10.2. The summed E-state index contributed by atoms with van der Waals surface area (Å²) in [5.41, 5.74) is 3.43. The SMILES string of the molecule is O=C(CSCc1cc2c(cc1Br)OCO2)N1CCc2ccccc21. The lowest BCUT2D eigenvalue weighted by Gasteiger charge is -2.17. The molecule has 124 valence electrons. The number of ether oxygens (including phenoxy) is 2. The molecule has 4 rings (SSSR count). The Hall–Kier alpha value is -1.66. The molecule has 2 aromatic carbocycles. The third-order valence-electron chi connectivity index (χ3n) is 4.21.